The fourth-order valence-electron chi connectivity index (χ4n) is 2.63. The van der Waals surface area contributed by atoms with Crippen molar-refractivity contribution in [1.82, 2.24) is 15.5 Å². The van der Waals surface area contributed by atoms with E-state index in [1.165, 1.54) is 12.8 Å². The first-order chi connectivity index (χ1) is 9.18. The average Bonchev–Trinajstić information content (AvgIpc) is 3.10. The van der Waals surface area contributed by atoms with Gasteiger partial charge < -0.3 is 14.3 Å². The molecule has 0 aliphatic carbocycles. The summed E-state index contributed by atoms with van der Waals surface area (Å²) in [6, 6.07) is 3.66. The highest BCUT2D eigenvalue weighted by atomic mass is 16.5. The number of hydrogen-bond donors (Lipinski definition) is 1. The predicted molar refractivity (Wildman–Crippen MR) is 70.6 cm³/mol. The number of nitrogens with zero attached hydrogens (tertiary/aromatic N) is 2. The third-order valence-corrected chi connectivity index (χ3v) is 4.04. The standard InChI is InChI=1S/C14H19N3O2/c1-14(2,10-5-3-7-15-9-10)13-16-12(17-19-13)11-6-4-8-18-11/h4,6,8,10,15H,3,5,7,9H2,1-2H3. The number of rotatable bonds is 3. The van der Waals surface area contributed by atoms with Crippen LogP contribution < -0.4 is 5.32 Å². The van der Waals surface area contributed by atoms with E-state index in [0.717, 1.165) is 13.1 Å². The molecular weight excluding hydrogens is 242 g/mol. The zero-order valence-corrected chi connectivity index (χ0v) is 11.3. The fraction of sp³-hybridized carbons (Fsp3) is 0.571. The van der Waals surface area contributed by atoms with Gasteiger partial charge in [0.1, 0.15) is 0 Å². The molecule has 1 fully saturated rings. The molecule has 5 heteroatoms. The van der Waals surface area contributed by atoms with Crippen molar-refractivity contribution in [2.45, 2.75) is 32.1 Å². The van der Waals surface area contributed by atoms with E-state index >= 15 is 0 Å². The molecule has 1 saturated heterocycles. The zero-order valence-electron chi connectivity index (χ0n) is 11.3. The van der Waals surface area contributed by atoms with Gasteiger partial charge in [-0.3, -0.25) is 0 Å². The highest BCUT2D eigenvalue weighted by Crippen LogP contribution is 2.35. The van der Waals surface area contributed by atoms with E-state index in [1.54, 1.807) is 6.26 Å². The molecular formula is C14H19N3O2. The molecule has 3 rings (SSSR count). The van der Waals surface area contributed by atoms with Crippen LogP contribution in [0, 0.1) is 5.92 Å². The summed E-state index contributed by atoms with van der Waals surface area (Å²) in [5.41, 5.74) is -0.120. The molecule has 2 aromatic rings. The van der Waals surface area contributed by atoms with Gasteiger partial charge >= 0.3 is 0 Å². The van der Waals surface area contributed by atoms with Crippen LogP contribution in [0.15, 0.2) is 27.3 Å². The second kappa shape index (κ2) is 4.81. The van der Waals surface area contributed by atoms with Crippen molar-refractivity contribution in [2.75, 3.05) is 13.1 Å². The third-order valence-electron chi connectivity index (χ3n) is 4.04. The minimum atomic E-state index is -0.120. The normalized spacial score (nSPS) is 20.6. The number of hydrogen-bond acceptors (Lipinski definition) is 5. The monoisotopic (exact) mass is 261 g/mol. The van der Waals surface area contributed by atoms with Crippen LogP contribution in [0.1, 0.15) is 32.6 Å². The van der Waals surface area contributed by atoms with Crippen LogP contribution >= 0.6 is 0 Å². The Labute approximate surface area is 112 Å². The number of aromatic nitrogens is 2. The lowest BCUT2D eigenvalue weighted by atomic mass is 9.75. The van der Waals surface area contributed by atoms with E-state index in [2.05, 4.69) is 29.3 Å². The van der Waals surface area contributed by atoms with Gasteiger partial charge in [0.05, 0.1) is 6.26 Å². The summed E-state index contributed by atoms with van der Waals surface area (Å²) in [7, 11) is 0. The average molecular weight is 261 g/mol. The third kappa shape index (κ3) is 2.30. The van der Waals surface area contributed by atoms with Crippen molar-refractivity contribution in [1.29, 1.82) is 0 Å². The maximum atomic E-state index is 5.46. The Morgan fingerprint density at radius 3 is 3.00 bits per heavy atom. The first kappa shape index (κ1) is 12.4. The molecule has 0 amide bonds. The molecule has 102 valence electrons. The molecule has 0 bridgehead atoms. The lowest BCUT2D eigenvalue weighted by Gasteiger charge is -2.34. The Morgan fingerprint density at radius 1 is 1.42 bits per heavy atom. The number of nitrogens with one attached hydrogen (secondary N) is 1. The maximum Gasteiger partial charge on any atom is 0.238 e. The Hall–Kier alpha value is -1.62. The summed E-state index contributed by atoms with van der Waals surface area (Å²) < 4.78 is 10.8. The van der Waals surface area contributed by atoms with Gasteiger partial charge in [0, 0.05) is 5.41 Å². The Morgan fingerprint density at radius 2 is 2.32 bits per heavy atom. The van der Waals surface area contributed by atoms with E-state index in [1.807, 2.05) is 12.1 Å². The summed E-state index contributed by atoms with van der Waals surface area (Å²) in [5, 5.41) is 7.46. The van der Waals surface area contributed by atoms with Gasteiger partial charge in [0.15, 0.2) is 5.76 Å². The van der Waals surface area contributed by atoms with Crippen molar-refractivity contribution in [3.63, 3.8) is 0 Å². The molecule has 0 saturated carbocycles. The van der Waals surface area contributed by atoms with Gasteiger partial charge in [-0.25, -0.2) is 0 Å². The van der Waals surface area contributed by atoms with E-state index in [4.69, 9.17) is 8.94 Å². The molecule has 1 unspecified atom stereocenters. The lowest BCUT2D eigenvalue weighted by molar-refractivity contribution is 0.196. The first-order valence-corrected chi connectivity index (χ1v) is 6.76. The van der Waals surface area contributed by atoms with E-state index in [9.17, 15) is 0 Å². The quantitative estimate of drug-likeness (QED) is 0.920. The SMILES string of the molecule is CC(C)(c1nc(-c2ccco2)no1)C1CCCNC1. The highest BCUT2D eigenvalue weighted by molar-refractivity contribution is 5.45. The zero-order chi connectivity index (χ0) is 13.3. The van der Waals surface area contributed by atoms with E-state index in [0.29, 0.717) is 23.4 Å². The summed E-state index contributed by atoms with van der Waals surface area (Å²) in [5.74, 6) is 2.38. The summed E-state index contributed by atoms with van der Waals surface area (Å²) >= 11 is 0. The minimum absolute atomic E-state index is 0.120. The molecule has 0 radical (unpaired) electrons. The van der Waals surface area contributed by atoms with Crippen LogP contribution in [-0.4, -0.2) is 23.2 Å². The van der Waals surface area contributed by atoms with Crippen LogP contribution in [0.4, 0.5) is 0 Å². The Balaban J connectivity index is 1.84. The van der Waals surface area contributed by atoms with E-state index < -0.39 is 0 Å². The largest absolute Gasteiger partial charge is 0.461 e. The molecule has 0 spiro atoms. The van der Waals surface area contributed by atoms with Gasteiger partial charge in [0.2, 0.25) is 11.7 Å². The lowest BCUT2D eigenvalue weighted by Crippen LogP contribution is -2.40. The van der Waals surface area contributed by atoms with Gasteiger partial charge in [-0.2, -0.15) is 4.98 Å². The molecule has 3 heterocycles. The smallest absolute Gasteiger partial charge is 0.238 e. The van der Waals surface area contributed by atoms with Crippen LogP contribution in [0.25, 0.3) is 11.6 Å². The van der Waals surface area contributed by atoms with E-state index in [-0.39, 0.29) is 5.41 Å². The van der Waals surface area contributed by atoms with Crippen molar-refractivity contribution < 1.29 is 8.94 Å². The predicted octanol–water partition coefficient (Wildman–Crippen LogP) is 2.61. The van der Waals surface area contributed by atoms with Gasteiger partial charge in [-0.1, -0.05) is 19.0 Å². The molecule has 19 heavy (non-hydrogen) atoms. The maximum absolute atomic E-state index is 5.46. The van der Waals surface area contributed by atoms with Crippen LogP contribution in [-0.2, 0) is 5.41 Å². The number of piperidine rings is 1. The van der Waals surface area contributed by atoms with Gasteiger partial charge in [-0.05, 0) is 44.0 Å². The summed E-state index contributed by atoms with van der Waals surface area (Å²) in [4.78, 5) is 4.50. The Bertz CT molecular complexity index is 525. The van der Waals surface area contributed by atoms with Crippen molar-refractivity contribution in [2.24, 2.45) is 5.92 Å². The van der Waals surface area contributed by atoms with Crippen molar-refractivity contribution in [3.8, 4) is 11.6 Å². The van der Waals surface area contributed by atoms with Crippen LogP contribution in [0.5, 0.6) is 0 Å². The molecule has 2 aromatic heterocycles. The molecule has 1 N–H and O–H groups in total. The molecule has 1 atom stereocenters. The topological polar surface area (TPSA) is 64.1 Å². The van der Waals surface area contributed by atoms with Crippen LogP contribution in [0.3, 0.4) is 0 Å². The minimum Gasteiger partial charge on any atom is -0.461 e. The van der Waals surface area contributed by atoms with Gasteiger partial charge in [0.25, 0.3) is 0 Å². The first-order valence-electron chi connectivity index (χ1n) is 6.76. The second-order valence-corrected chi connectivity index (χ2v) is 5.67. The number of furan rings is 1. The Kier molecular flexibility index (Phi) is 3.14. The second-order valence-electron chi connectivity index (χ2n) is 5.67. The highest BCUT2D eigenvalue weighted by Gasteiger charge is 2.37. The molecule has 5 nitrogen and oxygen atoms in total. The van der Waals surface area contributed by atoms with Crippen molar-refractivity contribution in [3.05, 3.63) is 24.3 Å². The molecule has 1 aliphatic rings. The van der Waals surface area contributed by atoms with Crippen molar-refractivity contribution >= 4 is 0 Å². The molecule has 1 aliphatic heterocycles. The summed E-state index contributed by atoms with van der Waals surface area (Å²) in [6.45, 7) is 6.45. The van der Waals surface area contributed by atoms with Crippen LogP contribution in [0.2, 0.25) is 0 Å². The summed E-state index contributed by atoms with van der Waals surface area (Å²) in [6.07, 6.45) is 4.01. The van der Waals surface area contributed by atoms with Gasteiger partial charge in [-0.15, -0.1) is 0 Å². The molecule has 0 aromatic carbocycles. The fourth-order valence-corrected chi connectivity index (χ4v) is 2.63.